The van der Waals surface area contributed by atoms with Crippen LogP contribution in [0.15, 0.2) is 30.3 Å². The molecule has 1 aliphatic rings. The normalized spacial score (nSPS) is 24.8. The van der Waals surface area contributed by atoms with Gasteiger partial charge in [0, 0.05) is 18.6 Å². The fourth-order valence-electron chi connectivity index (χ4n) is 2.31. The van der Waals surface area contributed by atoms with Crippen LogP contribution in [0.3, 0.4) is 0 Å². The van der Waals surface area contributed by atoms with Gasteiger partial charge in [-0.1, -0.05) is 30.3 Å². The minimum atomic E-state index is -1.06. The first-order chi connectivity index (χ1) is 9.15. The lowest BCUT2D eigenvalue weighted by atomic mass is 10.1. The summed E-state index contributed by atoms with van der Waals surface area (Å²) in [4.78, 5) is 24.3. The predicted molar refractivity (Wildman–Crippen MR) is 69.9 cm³/mol. The lowest BCUT2D eigenvalue weighted by Crippen LogP contribution is -2.33. The zero-order chi connectivity index (χ0) is 13.9. The molecule has 1 saturated carbocycles. The van der Waals surface area contributed by atoms with Crippen LogP contribution in [0.1, 0.15) is 30.6 Å². The highest BCUT2D eigenvalue weighted by atomic mass is 16.6. The number of ketones is 1. The van der Waals surface area contributed by atoms with E-state index in [0.29, 0.717) is 25.2 Å². The van der Waals surface area contributed by atoms with Crippen LogP contribution in [0.4, 0.5) is 0 Å². The van der Waals surface area contributed by atoms with Gasteiger partial charge in [-0.3, -0.25) is 4.79 Å². The van der Waals surface area contributed by atoms with Gasteiger partial charge in [0.1, 0.15) is 0 Å². The minimum absolute atomic E-state index is 0.0536. The molecule has 0 aromatic heterocycles. The smallest absolute Gasteiger partial charge is 0.339 e. The minimum Gasteiger partial charge on any atom is -0.464 e. The van der Waals surface area contributed by atoms with E-state index in [0.717, 1.165) is 0 Å². The summed E-state index contributed by atoms with van der Waals surface area (Å²) >= 11 is 0. The van der Waals surface area contributed by atoms with E-state index in [9.17, 15) is 9.59 Å². The summed E-state index contributed by atoms with van der Waals surface area (Å²) in [5, 5.41) is 0. The molecule has 0 N–H and O–H groups in total. The Kier molecular flexibility index (Phi) is 4.00. The van der Waals surface area contributed by atoms with Crippen molar-refractivity contribution in [2.75, 3.05) is 13.2 Å². The van der Waals surface area contributed by atoms with Gasteiger partial charge in [-0.15, -0.1) is 0 Å². The van der Waals surface area contributed by atoms with Crippen molar-refractivity contribution in [2.45, 2.75) is 25.9 Å². The molecule has 0 radical (unpaired) electrons. The fraction of sp³-hybridized carbons (Fsp3) is 0.467. The second-order valence-corrected chi connectivity index (χ2v) is 4.53. The average Bonchev–Trinajstić information content (AvgIpc) is 3.15. The first-order valence-corrected chi connectivity index (χ1v) is 6.56. The number of hydrogen-bond acceptors (Lipinski definition) is 4. The highest BCUT2D eigenvalue weighted by molar-refractivity contribution is 6.05. The van der Waals surface area contributed by atoms with Crippen LogP contribution in [0, 0.1) is 5.92 Å². The van der Waals surface area contributed by atoms with Crippen LogP contribution in [0.2, 0.25) is 0 Å². The summed E-state index contributed by atoms with van der Waals surface area (Å²) in [6.45, 7) is 4.23. The Morgan fingerprint density at radius 3 is 2.47 bits per heavy atom. The maximum absolute atomic E-state index is 12.3. The van der Waals surface area contributed by atoms with Gasteiger partial charge in [0.15, 0.2) is 11.4 Å². The SMILES string of the molecule is CCOC(=O)[C@]1(OCC)C[C@H]1C(=O)c1ccccc1. The van der Waals surface area contributed by atoms with Crippen molar-refractivity contribution >= 4 is 11.8 Å². The predicted octanol–water partition coefficient (Wildman–Crippen LogP) is 2.23. The number of Topliss-reactive ketones (excluding diaryl/α,β-unsaturated/α-hetero) is 1. The summed E-state index contributed by atoms with van der Waals surface area (Å²) in [7, 11) is 0. The quantitative estimate of drug-likeness (QED) is 0.582. The highest BCUT2D eigenvalue weighted by Gasteiger charge is 2.66. The van der Waals surface area contributed by atoms with Gasteiger partial charge in [-0.25, -0.2) is 4.79 Å². The molecule has 0 unspecified atom stereocenters. The number of hydrogen-bond donors (Lipinski definition) is 0. The summed E-state index contributed by atoms with van der Waals surface area (Å²) in [6.07, 6.45) is 0.410. The summed E-state index contributed by atoms with van der Waals surface area (Å²) in [6, 6.07) is 8.97. The largest absolute Gasteiger partial charge is 0.464 e. The van der Waals surface area contributed by atoms with Crippen LogP contribution < -0.4 is 0 Å². The number of esters is 1. The molecule has 19 heavy (non-hydrogen) atoms. The van der Waals surface area contributed by atoms with E-state index in [1.807, 2.05) is 25.1 Å². The molecule has 0 saturated heterocycles. The standard InChI is InChI=1S/C15H18O4/c1-3-18-14(17)15(19-4-2)10-12(15)13(16)11-8-6-5-7-9-11/h5-9,12H,3-4,10H2,1-2H3/t12-,15-/m0/s1. The third kappa shape index (κ3) is 2.54. The molecule has 1 fully saturated rings. The van der Waals surface area contributed by atoms with Gasteiger partial charge in [-0.05, 0) is 13.8 Å². The van der Waals surface area contributed by atoms with Crippen LogP contribution in [-0.4, -0.2) is 30.6 Å². The van der Waals surface area contributed by atoms with Crippen LogP contribution in [-0.2, 0) is 14.3 Å². The molecule has 4 nitrogen and oxygen atoms in total. The summed E-state index contributed by atoms with van der Waals surface area (Å²) in [5.41, 5.74) is -0.448. The Labute approximate surface area is 112 Å². The number of ether oxygens (including phenoxy) is 2. The molecule has 102 valence electrons. The summed E-state index contributed by atoms with van der Waals surface area (Å²) in [5.74, 6) is -0.901. The van der Waals surface area contributed by atoms with Crippen molar-refractivity contribution in [3.05, 3.63) is 35.9 Å². The maximum atomic E-state index is 12.3. The first kappa shape index (κ1) is 13.7. The molecular formula is C15H18O4. The second-order valence-electron chi connectivity index (χ2n) is 4.53. The Bertz CT molecular complexity index is 468. The lowest BCUT2D eigenvalue weighted by Gasteiger charge is -2.15. The molecule has 2 rings (SSSR count). The number of rotatable bonds is 6. The van der Waals surface area contributed by atoms with Gasteiger partial charge in [-0.2, -0.15) is 0 Å². The van der Waals surface area contributed by atoms with Gasteiger partial charge >= 0.3 is 5.97 Å². The topological polar surface area (TPSA) is 52.6 Å². The molecule has 0 spiro atoms. The van der Waals surface area contributed by atoms with E-state index < -0.39 is 17.5 Å². The van der Waals surface area contributed by atoms with Gasteiger partial charge in [0.2, 0.25) is 0 Å². The van der Waals surface area contributed by atoms with Crippen molar-refractivity contribution in [3.8, 4) is 0 Å². The first-order valence-electron chi connectivity index (χ1n) is 6.56. The molecule has 0 aliphatic heterocycles. The van der Waals surface area contributed by atoms with Crippen LogP contribution in [0.5, 0.6) is 0 Å². The van der Waals surface area contributed by atoms with Crippen molar-refractivity contribution in [2.24, 2.45) is 5.92 Å². The van der Waals surface area contributed by atoms with E-state index in [1.165, 1.54) is 0 Å². The molecule has 1 aliphatic carbocycles. The third-order valence-corrected chi connectivity index (χ3v) is 3.31. The molecule has 0 amide bonds. The zero-order valence-corrected chi connectivity index (χ0v) is 11.2. The molecular weight excluding hydrogens is 244 g/mol. The highest BCUT2D eigenvalue weighted by Crippen LogP contribution is 2.49. The second kappa shape index (κ2) is 5.53. The maximum Gasteiger partial charge on any atom is 0.339 e. The van der Waals surface area contributed by atoms with E-state index in [2.05, 4.69) is 0 Å². The Balaban J connectivity index is 2.15. The van der Waals surface area contributed by atoms with Gasteiger partial charge in [0.05, 0.1) is 12.5 Å². The molecule has 0 bridgehead atoms. The van der Waals surface area contributed by atoms with Crippen LogP contribution in [0.25, 0.3) is 0 Å². The van der Waals surface area contributed by atoms with Crippen molar-refractivity contribution < 1.29 is 19.1 Å². The van der Waals surface area contributed by atoms with E-state index in [1.54, 1.807) is 19.1 Å². The van der Waals surface area contributed by atoms with Crippen molar-refractivity contribution in [1.82, 2.24) is 0 Å². The van der Waals surface area contributed by atoms with Gasteiger partial charge in [0.25, 0.3) is 0 Å². The fourth-order valence-corrected chi connectivity index (χ4v) is 2.31. The van der Waals surface area contributed by atoms with E-state index in [-0.39, 0.29) is 5.78 Å². The third-order valence-electron chi connectivity index (χ3n) is 3.31. The zero-order valence-electron chi connectivity index (χ0n) is 11.2. The monoisotopic (exact) mass is 262 g/mol. The number of benzene rings is 1. The molecule has 1 aromatic rings. The van der Waals surface area contributed by atoms with E-state index >= 15 is 0 Å². The number of carbonyl (C=O) groups is 2. The van der Waals surface area contributed by atoms with Crippen LogP contribution >= 0.6 is 0 Å². The van der Waals surface area contributed by atoms with Crippen molar-refractivity contribution in [1.29, 1.82) is 0 Å². The van der Waals surface area contributed by atoms with Gasteiger partial charge < -0.3 is 9.47 Å². The number of carbonyl (C=O) groups excluding carboxylic acids is 2. The Hall–Kier alpha value is -1.68. The van der Waals surface area contributed by atoms with Crippen molar-refractivity contribution in [3.63, 3.8) is 0 Å². The molecule has 2 atom stereocenters. The lowest BCUT2D eigenvalue weighted by molar-refractivity contribution is -0.160. The average molecular weight is 262 g/mol. The molecule has 0 heterocycles. The molecule has 1 aromatic carbocycles. The summed E-state index contributed by atoms with van der Waals surface area (Å²) < 4.78 is 10.5. The Morgan fingerprint density at radius 1 is 1.21 bits per heavy atom. The molecule has 4 heteroatoms. The Morgan fingerprint density at radius 2 is 1.89 bits per heavy atom. The van der Waals surface area contributed by atoms with E-state index in [4.69, 9.17) is 9.47 Å².